The van der Waals surface area contributed by atoms with E-state index in [0.717, 1.165) is 4.57 Å². The van der Waals surface area contributed by atoms with E-state index in [2.05, 4.69) is 9.97 Å². The molecule has 0 aliphatic carbocycles. The molecule has 1 aromatic carbocycles. The van der Waals surface area contributed by atoms with Crippen LogP contribution in [-0.4, -0.2) is 36.0 Å². The van der Waals surface area contributed by atoms with Gasteiger partial charge in [-0.05, 0) is 19.1 Å². The Morgan fingerprint density at radius 2 is 2.04 bits per heavy atom. The average molecular weight is 328 g/mol. The summed E-state index contributed by atoms with van der Waals surface area (Å²) in [6.45, 7) is 0.703. The lowest BCUT2D eigenvalue weighted by Gasteiger charge is -2.13. The predicted molar refractivity (Wildman–Crippen MR) is 83.6 cm³/mol. The molecule has 3 rings (SSSR count). The largest absolute Gasteiger partial charge is 0.480 e. The van der Waals surface area contributed by atoms with Crippen LogP contribution in [0, 0.1) is 0 Å². The zero-order valence-electron chi connectivity index (χ0n) is 12.5. The van der Waals surface area contributed by atoms with Gasteiger partial charge in [0.1, 0.15) is 6.54 Å². The van der Waals surface area contributed by atoms with E-state index in [9.17, 15) is 19.2 Å². The van der Waals surface area contributed by atoms with Gasteiger partial charge in [-0.2, -0.15) is 0 Å². The van der Waals surface area contributed by atoms with Crippen molar-refractivity contribution in [2.45, 2.75) is 13.5 Å². The Labute approximate surface area is 133 Å². The van der Waals surface area contributed by atoms with Gasteiger partial charge in [-0.25, -0.2) is 4.98 Å². The lowest BCUT2D eigenvalue weighted by Crippen LogP contribution is -2.38. The van der Waals surface area contributed by atoms with E-state index in [4.69, 9.17) is 5.11 Å². The highest BCUT2D eigenvalue weighted by atomic mass is 16.4. The van der Waals surface area contributed by atoms with E-state index in [1.165, 1.54) is 31.6 Å². The van der Waals surface area contributed by atoms with Gasteiger partial charge in [0, 0.05) is 18.0 Å². The number of aliphatic carboxylic acids is 1. The second-order valence-electron chi connectivity index (χ2n) is 5.15. The number of aromatic amines is 1. The summed E-state index contributed by atoms with van der Waals surface area (Å²) in [4.78, 5) is 53.0. The Morgan fingerprint density at radius 1 is 1.29 bits per heavy atom. The highest BCUT2D eigenvalue weighted by molar-refractivity contribution is 6.01. The molecule has 0 atom stereocenters. The number of nitrogens with one attached hydrogen (secondary N) is 1. The third kappa shape index (κ3) is 2.51. The molecule has 0 saturated heterocycles. The molecule has 0 radical (unpaired) electrons. The summed E-state index contributed by atoms with van der Waals surface area (Å²) >= 11 is 0. The third-order valence-corrected chi connectivity index (χ3v) is 3.55. The molecule has 2 heterocycles. The smallest absolute Gasteiger partial charge is 0.323 e. The lowest BCUT2D eigenvalue weighted by atomic mass is 10.1. The van der Waals surface area contributed by atoms with Crippen molar-refractivity contribution < 1.29 is 14.7 Å². The quantitative estimate of drug-likeness (QED) is 0.519. The number of rotatable bonds is 4. The summed E-state index contributed by atoms with van der Waals surface area (Å²) in [6, 6.07) is 2.90. The molecule has 9 heteroatoms. The number of hydrogen-bond donors (Lipinski definition) is 2. The number of benzene rings is 1. The molecule has 9 nitrogen and oxygen atoms in total. The minimum atomic E-state index is -1.26. The molecular weight excluding hydrogens is 316 g/mol. The van der Waals surface area contributed by atoms with Crippen molar-refractivity contribution in [2.75, 3.05) is 0 Å². The van der Waals surface area contributed by atoms with Crippen LogP contribution < -0.4 is 11.1 Å². The fraction of sp³-hybridized carbons (Fsp3) is 0.133. The molecule has 0 saturated carbocycles. The second-order valence-corrected chi connectivity index (χ2v) is 5.15. The van der Waals surface area contributed by atoms with Gasteiger partial charge in [0.25, 0.3) is 0 Å². The SMILES string of the molecule is CC(=O)c1cc2[nH]c(=O)c(=O)n(CC(=O)O)c2cc1-n1ccnc1. The molecule has 0 aliphatic rings. The number of hydrogen-bond acceptors (Lipinski definition) is 5. The Hall–Kier alpha value is -3.49. The van der Waals surface area contributed by atoms with Crippen molar-refractivity contribution in [3.05, 3.63) is 57.1 Å². The lowest BCUT2D eigenvalue weighted by molar-refractivity contribution is -0.137. The minimum Gasteiger partial charge on any atom is -0.480 e. The number of nitrogens with zero attached hydrogens (tertiary/aromatic N) is 3. The van der Waals surface area contributed by atoms with Crippen molar-refractivity contribution in [3.8, 4) is 5.69 Å². The first-order valence-corrected chi connectivity index (χ1v) is 6.90. The Morgan fingerprint density at radius 3 is 2.62 bits per heavy atom. The van der Waals surface area contributed by atoms with Crippen molar-refractivity contribution in [1.82, 2.24) is 19.1 Å². The number of carboxylic acid groups (broad SMARTS) is 1. The molecule has 0 bridgehead atoms. The number of Topliss-reactive ketones (excluding diaryl/α,β-unsaturated/α-hetero) is 1. The van der Waals surface area contributed by atoms with Crippen molar-refractivity contribution in [1.29, 1.82) is 0 Å². The monoisotopic (exact) mass is 328 g/mol. The Kier molecular flexibility index (Phi) is 3.60. The zero-order chi connectivity index (χ0) is 17.4. The van der Waals surface area contributed by atoms with Crippen LogP contribution in [0.3, 0.4) is 0 Å². The molecule has 2 N–H and O–H groups in total. The maximum absolute atomic E-state index is 12.0. The van der Waals surface area contributed by atoms with Gasteiger partial charge in [0.05, 0.1) is 23.0 Å². The molecular formula is C15H12N4O5. The van der Waals surface area contributed by atoms with Crippen molar-refractivity contribution >= 4 is 22.8 Å². The van der Waals surface area contributed by atoms with Crippen LogP contribution in [0.1, 0.15) is 17.3 Å². The van der Waals surface area contributed by atoms with Crippen LogP contribution >= 0.6 is 0 Å². The number of fused-ring (bicyclic) bond motifs is 1. The highest BCUT2D eigenvalue weighted by Crippen LogP contribution is 2.21. The predicted octanol–water partition coefficient (Wildman–Crippen LogP) is 0.163. The molecule has 122 valence electrons. The van der Waals surface area contributed by atoms with Gasteiger partial charge in [-0.15, -0.1) is 0 Å². The Bertz CT molecular complexity index is 1080. The number of aromatic nitrogens is 4. The number of imidazole rings is 1. The molecule has 24 heavy (non-hydrogen) atoms. The number of H-pyrrole nitrogens is 1. The van der Waals surface area contributed by atoms with E-state index in [1.54, 1.807) is 10.8 Å². The minimum absolute atomic E-state index is 0.204. The molecule has 0 spiro atoms. The number of carboxylic acids is 1. The molecule has 0 unspecified atom stereocenters. The van der Waals surface area contributed by atoms with Gasteiger partial charge in [0.15, 0.2) is 5.78 Å². The van der Waals surface area contributed by atoms with Gasteiger partial charge < -0.3 is 14.7 Å². The first-order chi connectivity index (χ1) is 11.4. The average Bonchev–Trinajstić information content (AvgIpc) is 3.04. The summed E-state index contributed by atoms with van der Waals surface area (Å²) in [7, 11) is 0. The highest BCUT2D eigenvalue weighted by Gasteiger charge is 2.16. The van der Waals surface area contributed by atoms with Crippen LogP contribution in [0.4, 0.5) is 0 Å². The van der Waals surface area contributed by atoms with E-state index in [0.29, 0.717) is 11.3 Å². The molecule has 2 aromatic heterocycles. The fourth-order valence-electron chi connectivity index (χ4n) is 2.50. The third-order valence-electron chi connectivity index (χ3n) is 3.55. The first kappa shape index (κ1) is 15.4. The summed E-state index contributed by atoms with van der Waals surface area (Å²) < 4.78 is 2.43. The maximum Gasteiger partial charge on any atom is 0.323 e. The number of carbonyl (C=O) groups excluding carboxylic acids is 1. The molecule has 0 fully saturated rings. The summed E-state index contributed by atoms with van der Waals surface area (Å²) in [5.74, 6) is -1.51. The summed E-state index contributed by atoms with van der Waals surface area (Å²) in [5, 5.41) is 9.00. The normalized spacial score (nSPS) is 10.9. The zero-order valence-corrected chi connectivity index (χ0v) is 12.5. The van der Waals surface area contributed by atoms with Gasteiger partial charge in [0.2, 0.25) is 0 Å². The van der Waals surface area contributed by atoms with Crippen LogP contribution in [0.25, 0.3) is 16.7 Å². The first-order valence-electron chi connectivity index (χ1n) is 6.90. The van der Waals surface area contributed by atoms with E-state index < -0.39 is 23.6 Å². The molecule has 3 aromatic rings. The standard InChI is InChI=1S/C15H12N4O5/c1-8(20)9-4-10-12(5-11(9)18-3-2-16-7-18)19(6-13(21)22)15(24)14(23)17-10/h2-5,7H,6H2,1H3,(H,17,23)(H,21,22). The van der Waals surface area contributed by atoms with E-state index in [1.807, 2.05) is 0 Å². The topological polar surface area (TPSA) is 127 Å². The fourth-order valence-corrected chi connectivity index (χ4v) is 2.50. The van der Waals surface area contributed by atoms with Crippen molar-refractivity contribution in [2.24, 2.45) is 0 Å². The van der Waals surface area contributed by atoms with Gasteiger partial charge in [-0.1, -0.05) is 0 Å². The molecule has 0 amide bonds. The van der Waals surface area contributed by atoms with Crippen LogP contribution in [0.5, 0.6) is 0 Å². The van der Waals surface area contributed by atoms with E-state index in [-0.39, 0.29) is 16.8 Å². The second kappa shape index (κ2) is 5.61. The Balaban J connectivity index is 2.44. The number of ketones is 1. The van der Waals surface area contributed by atoms with E-state index >= 15 is 0 Å². The van der Waals surface area contributed by atoms with Crippen molar-refractivity contribution in [3.63, 3.8) is 0 Å². The summed E-state index contributed by atoms with van der Waals surface area (Å²) in [5.41, 5.74) is -0.786. The van der Waals surface area contributed by atoms with Crippen LogP contribution in [0.2, 0.25) is 0 Å². The van der Waals surface area contributed by atoms with Gasteiger partial charge in [-0.3, -0.25) is 23.7 Å². The van der Waals surface area contributed by atoms with Crippen LogP contribution in [-0.2, 0) is 11.3 Å². The van der Waals surface area contributed by atoms with Gasteiger partial charge >= 0.3 is 17.1 Å². The van der Waals surface area contributed by atoms with Crippen LogP contribution in [0.15, 0.2) is 40.4 Å². The number of carbonyl (C=O) groups is 2. The maximum atomic E-state index is 12.0. The summed E-state index contributed by atoms with van der Waals surface area (Å²) in [6.07, 6.45) is 4.60. The molecule has 0 aliphatic heterocycles.